The number of ether oxygens (including phenoxy) is 1. The summed E-state index contributed by atoms with van der Waals surface area (Å²) in [5.74, 6) is -3.09. The van der Waals surface area contributed by atoms with Gasteiger partial charge in [-0.2, -0.15) is 11.8 Å². The number of nitrogens with one attached hydrogen (secondary N) is 1. The van der Waals surface area contributed by atoms with Crippen molar-refractivity contribution < 1.29 is 23.5 Å². The average molecular weight is 380 g/mol. The number of likely N-dealkylation sites (tertiary alicyclic amines) is 1. The normalized spacial score (nSPS) is 30.6. The lowest BCUT2D eigenvalue weighted by molar-refractivity contribution is -0.154. The molecule has 2 saturated heterocycles. The first-order valence-corrected chi connectivity index (χ1v) is 9.69. The van der Waals surface area contributed by atoms with Crippen molar-refractivity contribution in [2.45, 2.75) is 18.0 Å². The fourth-order valence-corrected chi connectivity index (χ4v) is 4.63. The number of imide groups is 1. The zero-order chi connectivity index (χ0) is 19.1. The van der Waals surface area contributed by atoms with Crippen molar-refractivity contribution in [1.82, 2.24) is 10.2 Å². The molecule has 6 nitrogen and oxygen atoms in total. The Kier molecular flexibility index (Phi) is 5.07. The van der Waals surface area contributed by atoms with Gasteiger partial charge in [-0.15, -0.1) is 0 Å². The fourth-order valence-electron chi connectivity index (χ4n) is 4.11. The molecule has 0 aliphatic carbocycles. The molecule has 1 aromatic rings. The summed E-state index contributed by atoms with van der Waals surface area (Å²) in [7, 11) is 2.65. The summed E-state index contributed by atoms with van der Waals surface area (Å²) in [5, 5.41) is 3.13. The number of esters is 1. The molecule has 2 amide bonds. The second kappa shape index (κ2) is 7.00. The van der Waals surface area contributed by atoms with Crippen molar-refractivity contribution in [2.75, 3.05) is 26.2 Å². The zero-order valence-corrected chi connectivity index (χ0v) is 15.6. The number of thioether (sulfide) groups is 1. The Morgan fingerprint density at radius 2 is 2.04 bits per heavy atom. The largest absolute Gasteiger partial charge is 0.468 e. The molecule has 1 N–H and O–H groups in total. The van der Waals surface area contributed by atoms with Gasteiger partial charge < -0.3 is 4.74 Å². The highest BCUT2D eigenvalue weighted by Crippen LogP contribution is 2.50. The van der Waals surface area contributed by atoms with Gasteiger partial charge in [-0.3, -0.25) is 24.6 Å². The van der Waals surface area contributed by atoms with Crippen molar-refractivity contribution >= 4 is 29.5 Å². The second-order valence-electron chi connectivity index (χ2n) is 6.59. The van der Waals surface area contributed by atoms with Gasteiger partial charge in [0.25, 0.3) is 0 Å². The molecule has 3 rings (SSSR count). The van der Waals surface area contributed by atoms with Crippen LogP contribution in [0.25, 0.3) is 0 Å². The number of hydrogen-bond acceptors (Lipinski definition) is 6. The fraction of sp³-hybridized carbons (Fsp3) is 0.500. The lowest BCUT2D eigenvalue weighted by Gasteiger charge is -2.32. The lowest BCUT2D eigenvalue weighted by atomic mass is 9.78. The number of hydrogen-bond donors (Lipinski definition) is 1. The standard InChI is InChI=1S/C18H21FN2O4S/c1-21-15(22)12-13(16(21)23)18(8-9-26-3,17(24)25-2)20-14(12)10-6-4-5-7-11(10)19/h4-7,12-14,20H,8-9H2,1-3H3/t12-,13+,14-,18+/m0/s1. The molecule has 0 spiro atoms. The summed E-state index contributed by atoms with van der Waals surface area (Å²) in [6.07, 6.45) is 2.19. The zero-order valence-electron chi connectivity index (χ0n) is 14.8. The van der Waals surface area contributed by atoms with E-state index >= 15 is 0 Å². The highest BCUT2D eigenvalue weighted by molar-refractivity contribution is 7.98. The third-order valence-corrected chi connectivity index (χ3v) is 5.98. The monoisotopic (exact) mass is 380 g/mol. The molecule has 8 heteroatoms. The summed E-state index contributed by atoms with van der Waals surface area (Å²) in [5.41, 5.74) is -1.08. The van der Waals surface area contributed by atoms with E-state index in [-0.39, 0.29) is 5.56 Å². The van der Waals surface area contributed by atoms with Gasteiger partial charge in [0.1, 0.15) is 11.4 Å². The van der Waals surface area contributed by atoms with Crippen LogP contribution in [0.4, 0.5) is 4.39 Å². The van der Waals surface area contributed by atoms with Crippen LogP contribution in [-0.2, 0) is 19.1 Å². The maximum absolute atomic E-state index is 14.4. The van der Waals surface area contributed by atoms with Crippen LogP contribution < -0.4 is 5.32 Å². The van der Waals surface area contributed by atoms with E-state index < -0.39 is 47.0 Å². The second-order valence-corrected chi connectivity index (χ2v) is 7.57. The number of amides is 2. The molecular weight excluding hydrogens is 359 g/mol. The topological polar surface area (TPSA) is 75.7 Å². The molecule has 140 valence electrons. The van der Waals surface area contributed by atoms with E-state index in [0.717, 1.165) is 4.90 Å². The minimum Gasteiger partial charge on any atom is -0.468 e. The van der Waals surface area contributed by atoms with Gasteiger partial charge in [0, 0.05) is 18.7 Å². The van der Waals surface area contributed by atoms with E-state index in [4.69, 9.17) is 4.74 Å². The Hall–Kier alpha value is -1.93. The third-order valence-electron chi connectivity index (χ3n) is 5.37. The molecule has 2 aliphatic heterocycles. The van der Waals surface area contributed by atoms with Gasteiger partial charge in [-0.25, -0.2) is 4.39 Å². The molecule has 0 radical (unpaired) electrons. The Morgan fingerprint density at radius 3 is 2.65 bits per heavy atom. The Bertz CT molecular complexity index is 758. The molecule has 26 heavy (non-hydrogen) atoms. The summed E-state index contributed by atoms with van der Waals surface area (Å²) in [6.45, 7) is 0. The molecule has 0 aromatic heterocycles. The van der Waals surface area contributed by atoms with Crippen molar-refractivity contribution in [2.24, 2.45) is 11.8 Å². The van der Waals surface area contributed by atoms with Gasteiger partial charge in [-0.05, 0) is 24.5 Å². The molecule has 4 atom stereocenters. The van der Waals surface area contributed by atoms with Crippen LogP contribution in [0, 0.1) is 17.7 Å². The number of carbonyl (C=O) groups excluding carboxylic acids is 3. The van der Waals surface area contributed by atoms with Crippen LogP contribution in [0.2, 0.25) is 0 Å². The number of halogens is 1. The molecule has 0 saturated carbocycles. The first-order valence-electron chi connectivity index (χ1n) is 8.30. The highest BCUT2D eigenvalue weighted by atomic mass is 32.2. The number of carbonyl (C=O) groups is 3. The van der Waals surface area contributed by atoms with Gasteiger partial charge in [0.2, 0.25) is 11.8 Å². The molecular formula is C18H21FN2O4S. The van der Waals surface area contributed by atoms with E-state index in [1.165, 1.54) is 32.0 Å². The van der Waals surface area contributed by atoms with Crippen LogP contribution in [0.15, 0.2) is 24.3 Å². The minimum absolute atomic E-state index is 0.272. The number of fused-ring (bicyclic) bond motifs is 1. The minimum atomic E-state index is -1.35. The van der Waals surface area contributed by atoms with Crippen molar-refractivity contribution in [3.63, 3.8) is 0 Å². The van der Waals surface area contributed by atoms with Crippen LogP contribution in [0.5, 0.6) is 0 Å². The van der Waals surface area contributed by atoms with E-state index in [2.05, 4.69) is 5.32 Å². The Labute approximate surface area is 155 Å². The van der Waals surface area contributed by atoms with E-state index in [1.54, 1.807) is 18.2 Å². The molecule has 2 heterocycles. The van der Waals surface area contributed by atoms with Gasteiger partial charge in [0.15, 0.2) is 0 Å². The molecule has 1 aromatic carbocycles. The SMILES string of the molecule is COC(=O)[C@]1(CCSC)N[C@@H](c2ccccc2F)[C@H]2C(=O)N(C)C(=O)[C@@H]21. The number of nitrogens with zero attached hydrogens (tertiary/aromatic N) is 1. The van der Waals surface area contributed by atoms with Gasteiger partial charge >= 0.3 is 5.97 Å². The smallest absolute Gasteiger partial charge is 0.326 e. The van der Waals surface area contributed by atoms with Crippen molar-refractivity contribution in [3.05, 3.63) is 35.6 Å². The van der Waals surface area contributed by atoms with Gasteiger partial charge in [-0.1, -0.05) is 18.2 Å². The van der Waals surface area contributed by atoms with Gasteiger partial charge in [0.05, 0.1) is 18.9 Å². The first kappa shape index (κ1) is 18.8. The maximum Gasteiger partial charge on any atom is 0.326 e. The van der Waals surface area contributed by atoms with Crippen molar-refractivity contribution in [1.29, 1.82) is 0 Å². The van der Waals surface area contributed by atoms with Crippen LogP contribution >= 0.6 is 11.8 Å². The average Bonchev–Trinajstić information content (AvgIpc) is 3.10. The highest BCUT2D eigenvalue weighted by Gasteiger charge is 2.68. The number of rotatable bonds is 5. The summed E-state index contributed by atoms with van der Waals surface area (Å²) in [6, 6.07) is 5.32. The molecule has 0 unspecified atom stereocenters. The predicted octanol–water partition coefficient (Wildman–Crippen LogP) is 1.37. The third kappa shape index (κ3) is 2.63. The van der Waals surface area contributed by atoms with E-state index in [1.807, 2.05) is 6.26 Å². The summed E-state index contributed by atoms with van der Waals surface area (Å²) < 4.78 is 19.4. The Morgan fingerprint density at radius 1 is 1.35 bits per heavy atom. The number of benzene rings is 1. The van der Waals surface area contributed by atoms with E-state index in [0.29, 0.717) is 12.2 Å². The summed E-state index contributed by atoms with van der Waals surface area (Å²) >= 11 is 1.52. The summed E-state index contributed by atoms with van der Waals surface area (Å²) in [4.78, 5) is 39.3. The maximum atomic E-state index is 14.4. The number of methoxy groups -OCH3 is 1. The molecule has 2 aliphatic rings. The lowest BCUT2D eigenvalue weighted by Crippen LogP contribution is -2.56. The van der Waals surface area contributed by atoms with Crippen molar-refractivity contribution in [3.8, 4) is 0 Å². The predicted molar refractivity (Wildman–Crippen MR) is 94.8 cm³/mol. The van der Waals surface area contributed by atoms with Crippen LogP contribution in [0.1, 0.15) is 18.0 Å². The van der Waals surface area contributed by atoms with E-state index in [9.17, 15) is 18.8 Å². The van der Waals surface area contributed by atoms with Crippen LogP contribution in [0.3, 0.4) is 0 Å². The first-order chi connectivity index (χ1) is 12.4. The van der Waals surface area contributed by atoms with Crippen LogP contribution in [-0.4, -0.2) is 54.4 Å². The molecule has 0 bridgehead atoms. The molecule has 2 fully saturated rings. The quantitative estimate of drug-likeness (QED) is 0.614. The Balaban J connectivity index is 2.15.